The van der Waals surface area contributed by atoms with E-state index in [0.717, 1.165) is 12.8 Å². The maximum absolute atomic E-state index is 13.2. The molecule has 2 saturated heterocycles. The Hall–Kier alpha value is -0.710. The number of rotatable bonds is 1. The van der Waals surface area contributed by atoms with Crippen LogP contribution >= 0.6 is 0 Å². The van der Waals surface area contributed by atoms with Crippen molar-refractivity contribution in [3.05, 3.63) is 0 Å². The fraction of sp³-hybridized carbons (Fsp3) is 0.889. The van der Waals surface area contributed by atoms with Crippen LogP contribution in [-0.2, 0) is 4.79 Å². The van der Waals surface area contributed by atoms with Crippen LogP contribution in [0.1, 0.15) is 19.3 Å². The third-order valence-corrected chi connectivity index (χ3v) is 2.89. The molecule has 0 bridgehead atoms. The van der Waals surface area contributed by atoms with Gasteiger partial charge in [-0.2, -0.15) is 0 Å². The van der Waals surface area contributed by atoms with E-state index in [-0.39, 0.29) is 13.0 Å². The van der Waals surface area contributed by atoms with E-state index < -0.39 is 17.9 Å². The summed E-state index contributed by atoms with van der Waals surface area (Å²) in [5.74, 6) is -3.29. The summed E-state index contributed by atoms with van der Waals surface area (Å²) < 4.78 is 26.4. The molecule has 0 unspecified atom stereocenters. The van der Waals surface area contributed by atoms with Crippen molar-refractivity contribution >= 4 is 5.91 Å². The summed E-state index contributed by atoms with van der Waals surface area (Å²) in [4.78, 5) is 13.2. The van der Waals surface area contributed by atoms with Crippen LogP contribution in [0.25, 0.3) is 0 Å². The van der Waals surface area contributed by atoms with E-state index in [1.54, 1.807) is 0 Å². The monoisotopic (exact) mass is 204 g/mol. The topological polar surface area (TPSA) is 32.3 Å². The largest absolute Gasteiger partial charge is 0.341 e. The Morgan fingerprint density at radius 2 is 2.00 bits per heavy atom. The summed E-state index contributed by atoms with van der Waals surface area (Å²) in [6.07, 6.45) is 1.64. The highest BCUT2D eigenvalue weighted by Crippen LogP contribution is 2.29. The number of alkyl halides is 2. The smallest absolute Gasteiger partial charge is 0.273 e. The molecule has 0 spiro atoms. The second-order valence-electron chi connectivity index (χ2n) is 3.93. The number of hydrogen-bond acceptors (Lipinski definition) is 2. The number of carbonyl (C=O) groups excluding carboxylic acids is 1. The fourth-order valence-corrected chi connectivity index (χ4v) is 2.06. The molecular formula is C9H14F2N2O. The van der Waals surface area contributed by atoms with E-state index in [9.17, 15) is 13.6 Å². The molecule has 0 aromatic heterocycles. The third-order valence-electron chi connectivity index (χ3n) is 2.89. The van der Waals surface area contributed by atoms with Crippen LogP contribution in [0.4, 0.5) is 8.78 Å². The molecule has 2 aliphatic heterocycles. The Kier molecular flexibility index (Phi) is 2.43. The van der Waals surface area contributed by atoms with Gasteiger partial charge in [-0.15, -0.1) is 0 Å². The zero-order valence-electron chi connectivity index (χ0n) is 7.93. The Labute approximate surface area is 81.4 Å². The molecule has 0 saturated carbocycles. The predicted octanol–water partition coefficient (Wildman–Crippen LogP) is 0.606. The first-order chi connectivity index (χ1) is 6.61. The van der Waals surface area contributed by atoms with Crippen LogP contribution in [0, 0.1) is 0 Å². The number of likely N-dealkylation sites (tertiary alicyclic amines) is 1. The van der Waals surface area contributed by atoms with Gasteiger partial charge < -0.3 is 10.2 Å². The number of amides is 1. The molecule has 2 heterocycles. The number of hydrogen-bond donors (Lipinski definition) is 1. The summed E-state index contributed by atoms with van der Waals surface area (Å²) in [5, 5.41) is 2.58. The fourth-order valence-electron chi connectivity index (χ4n) is 2.06. The van der Waals surface area contributed by atoms with Crippen LogP contribution in [0.2, 0.25) is 0 Å². The first-order valence-corrected chi connectivity index (χ1v) is 5.01. The van der Waals surface area contributed by atoms with Gasteiger partial charge >= 0.3 is 0 Å². The number of carbonyl (C=O) groups is 1. The molecule has 0 radical (unpaired) electrons. The Morgan fingerprint density at radius 3 is 2.50 bits per heavy atom. The standard InChI is InChI=1S/C9H14F2N2O/c10-9(11)3-4-12-7(9)8(14)13-5-1-2-6-13/h7,12H,1-6H2/t7-/m1/s1. The van der Waals surface area contributed by atoms with Gasteiger partial charge in [0, 0.05) is 26.1 Å². The van der Waals surface area contributed by atoms with Gasteiger partial charge in [0.25, 0.3) is 5.92 Å². The van der Waals surface area contributed by atoms with Crippen LogP contribution in [-0.4, -0.2) is 42.4 Å². The normalized spacial score (nSPS) is 31.0. The van der Waals surface area contributed by atoms with Crippen molar-refractivity contribution in [2.24, 2.45) is 0 Å². The van der Waals surface area contributed by atoms with Crippen LogP contribution in [0.15, 0.2) is 0 Å². The van der Waals surface area contributed by atoms with E-state index in [4.69, 9.17) is 0 Å². The quantitative estimate of drug-likeness (QED) is 0.678. The first-order valence-electron chi connectivity index (χ1n) is 5.01. The van der Waals surface area contributed by atoms with Gasteiger partial charge in [-0.1, -0.05) is 0 Å². The lowest BCUT2D eigenvalue weighted by atomic mass is 10.1. The van der Waals surface area contributed by atoms with Gasteiger partial charge in [-0.3, -0.25) is 4.79 Å². The first kappa shape index (κ1) is 9.83. The molecule has 1 amide bonds. The molecule has 1 N–H and O–H groups in total. The molecule has 0 aromatic carbocycles. The van der Waals surface area contributed by atoms with E-state index in [0.29, 0.717) is 13.1 Å². The zero-order chi connectivity index (χ0) is 10.2. The maximum atomic E-state index is 13.2. The minimum atomic E-state index is -2.86. The summed E-state index contributed by atoms with van der Waals surface area (Å²) in [6, 6.07) is -1.28. The highest BCUT2D eigenvalue weighted by Gasteiger charge is 2.49. The Bertz CT molecular complexity index is 239. The Morgan fingerprint density at radius 1 is 1.36 bits per heavy atom. The molecule has 5 heteroatoms. The second kappa shape index (κ2) is 3.46. The average Bonchev–Trinajstić information content (AvgIpc) is 2.71. The lowest BCUT2D eigenvalue weighted by Crippen LogP contribution is -2.49. The lowest BCUT2D eigenvalue weighted by molar-refractivity contribution is -0.140. The van der Waals surface area contributed by atoms with Crippen molar-refractivity contribution < 1.29 is 13.6 Å². The van der Waals surface area contributed by atoms with Crippen molar-refractivity contribution in [2.75, 3.05) is 19.6 Å². The summed E-state index contributed by atoms with van der Waals surface area (Å²) in [6.45, 7) is 1.50. The van der Waals surface area contributed by atoms with Gasteiger partial charge in [-0.05, 0) is 12.8 Å². The molecule has 2 fully saturated rings. The minimum Gasteiger partial charge on any atom is -0.341 e. The van der Waals surface area contributed by atoms with Gasteiger partial charge in [-0.25, -0.2) is 8.78 Å². The van der Waals surface area contributed by atoms with E-state index in [1.165, 1.54) is 4.90 Å². The molecule has 0 aliphatic carbocycles. The van der Waals surface area contributed by atoms with E-state index >= 15 is 0 Å². The molecule has 1 atom stereocenters. The van der Waals surface area contributed by atoms with E-state index in [1.807, 2.05) is 0 Å². The summed E-state index contributed by atoms with van der Waals surface area (Å²) in [7, 11) is 0. The van der Waals surface area contributed by atoms with Gasteiger partial charge in [0.2, 0.25) is 5.91 Å². The number of halogens is 2. The maximum Gasteiger partial charge on any atom is 0.273 e. The highest BCUT2D eigenvalue weighted by atomic mass is 19.3. The average molecular weight is 204 g/mol. The minimum absolute atomic E-state index is 0.225. The van der Waals surface area contributed by atoms with E-state index in [2.05, 4.69) is 5.32 Å². The SMILES string of the molecule is O=C([C@H]1NCCC1(F)F)N1CCCC1. The highest BCUT2D eigenvalue weighted by molar-refractivity contribution is 5.83. The van der Waals surface area contributed by atoms with Gasteiger partial charge in [0.1, 0.15) is 0 Å². The molecule has 0 aromatic rings. The molecule has 80 valence electrons. The molecule has 3 nitrogen and oxygen atoms in total. The Balaban J connectivity index is 2.03. The second-order valence-corrected chi connectivity index (χ2v) is 3.93. The van der Waals surface area contributed by atoms with Crippen molar-refractivity contribution in [1.29, 1.82) is 0 Å². The van der Waals surface area contributed by atoms with Crippen molar-refractivity contribution in [3.63, 3.8) is 0 Å². The lowest BCUT2D eigenvalue weighted by Gasteiger charge is -2.23. The van der Waals surface area contributed by atoms with Gasteiger partial charge in [0.15, 0.2) is 6.04 Å². The third kappa shape index (κ3) is 1.61. The predicted molar refractivity (Wildman–Crippen MR) is 47.2 cm³/mol. The molecule has 14 heavy (non-hydrogen) atoms. The molecular weight excluding hydrogens is 190 g/mol. The van der Waals surface area contributed by atoms with Gasteiger partial charge in [0.05, 0.1) is 0 Å². The van der Waals surface area contributed by atoms with Crippen LogP contribution in [0.5, 0.6) is 0 Å². The van der Waals surface area contributed by atoms with Crippen LogP contribution < -0.4 is 5.32 Å². The summed E-state index contributed by atoms with van der Waals surface area (Å²) >= 11 is 0. The number of nitrogens with zero attached hydrogens (tertiary/aromatic N) is 1. The van der Waals surface area contributed by atoms with Crippen molar-refractivity contribution in [3.8, 4) is 0 Å². The molecule has 2 rings (SSSR count). The summed E-state index contributed by atoms with van der Waals surface area (Å²) in [5.41, 5.74) is 0. The number of nitrogens with one attached hydrogen (secondary N) is 1. The van der Waals surface area contributed by atoms with Crippen molar-refractivity contribution in [2.45, 2.75) is 31.2 Å². The molecule has 2 aliphatic rings. The van der Waals surface area contributed by atoms with Crippen molar-refractivity contribution in [1.82, 2.24) is 10.2 Å². The zero-order valence-corrected chi connectivity index (χ0v) is 7.93. The van der Waals surface area contributed by atoms with Crippen LogP contribution in [0.3, 0.4) is 0 Å².